The topological polar surface area (TPSA) is 237 Å². The lowest BCUT2D eigenvalue weighted by molar-refractivity contribution is -0.161. The quantitative estimate of drug-likeness (QED) is 0.0222. The molecule has 0 aliphatic carbocycles. The van der Waals surface area contributed by atoms with Gasteiger partial charge in [0.25, 0.3) is 0 Å². The van der Waals surface area contributed by atoms with Gasteiger partial charge < -0.3 is 33.8 Å². The molecule has 0 rings (SSSR count). The molecule has 0 aromatic heterocycles. The van der Waals surface area contributed by atoms with Crippen LogP contribution in [-0.4, -0.2) is 96.7 Å². The van der Waals surface area contributed by atoms with Crippen LogP contribution in [0.4, 0.5) is 0 Å². The molecule has 0 saturated heterocycles. The normalized spacial score (nSPS) is 14.3. The largest absolute Gasteiger partial charge is 0.472 e. The van der Waals surface area contributed by atoms with Crippen LogP contribution in [0.5, 0.6) is 0 Å². The summed E-state index contributed by atoms with van der Waals surface area (Å²) in [7, 11) is -9.92. The van der Waals surface area contributed by atoms with Crippen molar-refractivity contribution in [1.29, 1.82) is 0 Å². The smallest absolute Gasteiger partial charge is 0.462 e. The average molecular weight is 1450 g/mol. The van der Waals surface area contributed by atoms with Crippen LogP contribution in [0, 0.1) is 23.7 Å². The van der Waals surface area contributed by atoms with Crippen LogP contribution < -0.4 is 0 Å². The maximum atomic E-state index is 13.1. The molecule has 0 aromatic rings. The van der Waals surface area contributed by atoms with Crippen molar-refractivity contribution in [3.8, 4) is 0 Å². The van der Waals surface area contributed by atoms with Gasteiger partial charge in [0.1, 0.15) is 19.3 Å². The van der Waals surface area contributed by atoms with E-state index in [4.69, 9.17) is 37.0 Å². The first-order chi connectivity index (χ1) is 47.6. The molecule has 19 heteroatoms. The highest BCUT2D eigenvalue weighted by molar-refractivity contribution is 7.47. The molecule has 0 aromatic carbocycles. The summed E-state index contributed by atoms with van der Waals surface area (Å²) in [6, 6.07) is 0. The molecule has 0 spiro atoms. The minimum atomic E-state index is -4.96. The van der Waals surface area contributed by atoms with Crippen molar-refractivity contribution in [3.63, 3.8) is 0 Å². The zero-order chi connectivity index (χ0) is 73.1. The average Bonchev–Trinajstić information content (AvgIpc) is 1.08. The van der Waals surface area contributed by atoms with Gasteiger partial charge in [0, 0.05) is 25.7 Å². The monoisotopic (exact) mass is 1450 g/mol. The first-order valence-corrected chi connectivity index (χ1v) is 44.2. The molecule has 0 bridgehead atoms. The molecular weight excluding hydrogens is 1290 g/mol. The molecule has 3 N–H and O–H groups in total. The Morgan fingerprint density at radius 2 is 0.485 bits per heavy atom. The van der Waals surface area contributed by atoms with Crippen molar-refractivity contribution in [1.82, 2.24) is 0 Å². The Hall–Kier alpha value is -1.94. The Morgan fingerprint density at radius 1 is 0.283 bits per heavy atom. The van der Waals surface area contributed by atoms with Crippen molar-refractivity contribution in [2.75, 3.05) is 39.6 Å². The third kappa shape index (κ3) is 72.8. The van der Waals surface area contributed by atoms with E-state index in [1.54, 1.807) is 0 Å². The number of hydrogen-bond acceptors (Lipinski definition) is 15. The number of ether oxygens (including phenoxy) is 4. The second-order valence-electron chi connectivity index (χ2n) is 30.5. The van der Waals surface area contributed by atoms with E-state index in [0.29, 0.717) is 31.6 Å². The molecule has 0 aliphatic heterocycles. The number of esters is 4. The van der Waals surface area contributed by atoms with Crippen LogP contribution in [0.2, 0.25) is 0 Å². The summed E-state index contributed by atoms with van der Waals surface area (Å²) in [6.45, 7) is 14.2. The van der Waals surface area contributed by atoms with Crippen molar-refractivity contribution < 1.29 is 80.2 Å². The van der Waals surface area contributed by atoms with E-state index in [9.17, 15) is 43.2 Å². The zero-order valence-corrected chi connectivity index (χ0v) is 66.9. The summed E-state index contributed by atoms with van der Waals surface area (Å²) in [6.07, 6.45) is 55.5. The highest BCUT2D eigenvalue weighted by Gasteiger charge is 2.30. The number of hydrogen-bond donors (Lipinski definition) is 3. The van der Waals surface area contributed by atoms with Gasteiger partial charge in [-0.25, -0.2) is 9.13 Å². The Balaban J connectivity index is 5.22. The SMILES string of the molecule is CCC(C)CCCCCCCCCCCCCCCCC(=O)O[C@H](COC(=O)CCCCCCCCCC(C)C)COP(=O)(O)OCC(O)COP(=O)(O)OC[C@@H](COC(=O)CCCCCCCCCCCC(C)C)OC(=O)CCCCCCCCCCCCCCCCCCC(C)C. The molecule has 0 amide bonds. The summed E-state index contributed by atoms with van der Waals surface area (Å²) in [5.74, 6) is 0.987. The minimum absolute atomic E-state index is 0.106. The van der Waals surface area contributed by atoms with Gasteiger partial charge in [0.05, 0.1) is 26.4 Å². The molecule has 0 aliphatic rings. The second-order valence-corrected chi connectivity index (χ2v) is 33.4. The van der Waals surface area contributed by atoms with Gasteiger partial charge >= 0.3 is 39.5 Å². The number of aliphatic hydroxyl groups is 1. The van der Waals surface area contributed by atoms with E-state index in [0.717, 1.165) is 114 Å². The molecule has 17 nitrogen and oxygen atoms in total. The van der Waals surface area contributed by atoms with E-state index in [1.165, 1.54) is 205 Å². The van der Waals surface area contributed by atoms with Crippen LogP contribution in [0.15, 0.2) is 0 Å². The van der Waals surface area contributed by atoms with Gasteiger partial charge in [-0.05, 0) is 49.4 Å². The summed E-state index contributed by atoms with van der Waals surface area (Å²) in [5.41, 5.74) is 0. The van der Waals surface area contributed by atoms with Crippen LogP contribution >= 0.6 is 15.6 Å². The third-order valence-corrected chi connectivity index (χ3v) is 20.8. The number of rotatable bonds is 77. The Labute approximate surface area is 607 Å². The van der Waals surface area contributed by atoms with Crippen molar-refractivity contribution in [3.05, 3.63) is 0 Å². The number of phosphoric acid groups is 2. The zero-order valence-electron chi connectivity index (χ0n) is 65.1. The third-order valence-electron chi connectivity index (χ3n) is 18.9. The molecule has 0 radical (unpaired) electrons. The van der Waals surface area contributed by atoms with Gasteiger partial charge in [0.2, 0.25) is 0 Å². The van der Waals surface area contributed by atoms with E-state index in [1.807, 2.05) is 0 Å². The number of carbonyl (C=O) groups is 4. The van der Waals surface area contributed by atoms with Crippen molar-refractivity contribution in [2.45, 2.75) is 427 Å². The molecule has 0 fully saturated rings. The highest BCUT2D eigenvalue weighted by Crippen LogP contribution is 2.45. The standard InChI is InChI=1S/C80H156O17P2/c1-9-73(8)59-51-43-35-27-21-17-14-15-19-23-29-38-47-55-63-80(85)97-76(67-91-78(83)61-53-45-39-31-34-42-50-58-72(6)7)69-95-99(88,89)93-65-74(81)64-92-98(86,87)94-68-75(66-90-77(82)60-52-44-36-30-24-26-33-41-49-57-71(4)5)96-79(84)62-54-46-37-28-22-18-13-11-10-12-16-20-25-32-40-48-56-70(2)3/h70-76,81H,9-69H2,1-8H3,(H,86,87)(H,88,89)/t73?,74?,75-,76-/m1/s1. The van der Waals surface area contributed by atoms with Gasteiger partial charge in [-0.15, -0.1) is 0 Å². The van der Waals surface area contributed by atoms with E-state index >= 15 is 0 Å². The molecule has 588 valence electrons. The predicted octanol–water partition coefficient (Wildman–Crippen LogP) is 23.6. The number of aliphatic hydroxyl groups excluding tert-OH is 1. The fourth-order valence-electron chi connectivity index (χ4n) is 12.2. The van der Waals surface area contributed by atoms with Crippen LogP contribution in [0.1, 0.15) is 409 Å². The van der Waals surface area contributed by atoms with Crippen LogP contribution in [-0.2, 0) is 65.4 Å². The molecule has 0 saturated carbocycles. The molecule has 0 heterocycles. The Bertz CT molecular complexity index is 1940. The van der Waals surface area contributed by atoms with Crippen LogP contribution in [0.25, 0.3) is 0 Å². The fourth-order valence-corrected chi connectivity index (χ4v) is 13.8. The number of carbonyl (C=O) groups excluding carboxylic acids is 4. The molecule has 99 heavy (non-hydrogen) atoms. The summed E-state index contributed by atoms with van der Waals surface area (Å²) >= 11 is 0. The van der Waals surface area contributed by atoms with E-state index in [-0.39, 0.29) is 25.7 Å². The lowest BCUT2D eigenvalue weighted by Crippen LogP contribution is -2.30. The van der Waals surface area contributed by atoms with E-state index in [2.05, 4.69) is 55.4 Å². The van der Waals surface area contributed by atoms with Gasteiger partial charge in [-0.1, -0.05) is 357 Å². The highest BCUT2D eigenvalue weighted by atomic mass is 31.2. The first kappa shape index (κ1) is 97.1. The van der Waals surface area contributed by atoms with Gasteiger partial charge in [-0.2, -0.15) is 0 Å². The summed E-state index contributed by atoms with van der Waals surface area (Å²) < 4.78 is 68.7. The Morgan fingerprint density at radius 3 is 0.717 bits per heavy atom. The Kier molecular flexibility index (Phi) is 67.8. The predicted molar refractivity (Wildman–Crippen MR) is 404 cm³/mol. The minimum Gasteiger partial charge on any atom is -0.462 e. The summed E-state index contributed by atoms with van der Waals surface area (Å²) in [5, 5.41) is 10.6. The maximum Gasteiger partial charge on any atom is 0.472 e. The van der Waals surface area contributed by atoms with Crippen molar-refractivity contribution in [2.24, 2.45) is 23.7 Å². The number of unbranched alkanes of at least 4 members (excludes halogenated alkanes) is 42. The van der Waals surface area contributed by atoms with Crippen molar-refractivity contribution >= 4 is 39.5 Å². The van der Waals surface area contributed by atoms with Gasteiger partial charge in [0.15, 0.2) is 12.2 Å². The fraction of sp³-hybridized carbons (Fsp3) is 0.950. The lowest BCUT2D eigenvalue weighted by atomic mass is 9.99. The molecular formula is C80H156O17P2. The molecule has 6 atom stereocenters. The van der Waals surface area contributed by atoms with Crippen LogP contribution in [0.3, 0.4) is 0 Å². The lowest BCUT2D eigenvalue weighted by Gasteiger charge is -2.21. The van der Waals surface area contributed by atoms with Gasteiger partial charge in [-0.3, -0.25) is 37.3 Å². The first-order valence-electron chi connectivity index (χ1n) is 41.2. The van der Waals surface area contributed by atoms with E-state index < -0.39 is 97.5 Å². The number of phosphoric ester groups is 2. The maximum absolute atomic E-state index is 13.1. The summed E-state index contributed by atoms with van der Waals surface area (Å²) in [4.78, 5) is 73.0. The molecule has 4 unspecified atom stereocenters. The second kappa shape index (κ2) is 69.1.